The van der Waals surface area contributed by atoms with Gasteiger partial charge in [0.15, 0.2) is 27.8 Å². The molecule has 0 radical (unpaired) electrons. The Morgan fingerprint density at radius 2 is 2.16 bits per heavy atom. The number of rotatable bonds is 15. The number of carbonyl (C=O) groups is 1. The predicted molar refractivity (Wildman–Crippen MR) is 137 cm³/mol. The number of aromatic nitrogens is 4. The molecular weight excluding hydrogens is 528 g/mol. The molecule has 3 N–H and O–H groups in total. The minimum atomic E-state index is -3.80. The van der Waals surface area contributed by atoms with Crippen molar-refractivity contribution in [2.24, 2.45) is 0 Å². The third-order valence-electron chi connectivity index (χ3n) is 4.81. The molecule has 0 amide bonds. The van der Waals surface area contributed by atoms with Gasteiger partial charge in [-0.1, -0.05) is 23.9 Å². The van der Waals surface area contributed by atoms with Gasteiger partial charge >= 0.3 is 7.60 Å². The van der Waals surface area contributed by atoms with Gasteiger partial charge in [0.05, 0.1) is 33.3 Å². The van der Waals surface area contributed by atoms with E-state index in [9.17, 15) is 18.5 Å². The third kappa shape index (κ3) is 8.23. The summed E-state index contributed by atoms with van der Waals surface area (Å²) in [6.07, 6.45) is 2.72. The number of allylic oxidation sites excluding steroid dienone is 1. The van der Waals surface area contributed by atoms with E-state index in [0.717, 1.165) is 11.8 Å². The minimum Gasteiger partial charge on any atom is -0.494 e. The fourth-order valence-corrected chi connectivity index (χ4v) is 5.11. The molecule has 0 saturated heterocycles. The van der Waals surface area contributed by atoms with Crippen LogP contribution in [0.2, 0.25) is 0 Å². The number of carbonyl (C=O) groups excluding carboxylic acids is 1. The van der Waals surface area contributed by atoms with E-state index in [1.54, 1.807) is 10.6 Å². The number of hydrogen-bond donors (Lipinski definition) is 2. The van der Waals surface area contributed by atoms with Crippen LogP contribution in [-0.4, -0.2) is 57.1 Å². The average molecular weight is 556 g/mol. The highest BCUT2D eigenvalue weighted by atomic mass is 32.2. The number of ether oxygens (including phenoxy) is 2. The fourth-order valence-electron chi connectivity index (χ4n) is 3.07. The summed E-state index contributed by atoms with van der Waals surface area (Å²) in [6, 6.07) is 4.21. The van der Waals surface area contributed by atoms with Gasteiger partial charge in [-0.25, -0.2) is 9.37 Å². The van der Waals surface area contributed by atoms with Crippen LogP contribution in [0, 0.1) is 5.82 Å². The lowest BCUT2D eigenvalue weighted by molar-refractivity contribution is -0.110. The molecule has 0 aliphatic heterocycles. The number of methoxy groups -OCH3 is 1. The number of benzene rings is 1. The monoisotopic (exact) mass is 555 g/mol. The minimum absolute atomic E-state index is 0.0384. The first-order chi connectivity index (χ1) is 17.7. The van der Waals surface area contributed by atoms with Gasteiger partial charge in [-0.3, -0.25) is 19.1 Å². The SMILES string of the molecule is C=CCC(=O)SCCOP(=O)(COCCn1cnc2c(=O)[nH]c(N)nc21)OCc1ccc(OC)c(F)c1. The van der Waals surface area contributed by atoms with Crippen molar-refractivity contribution in [1.29, 1.82) is 0 Å². The molecule has 1 aromatic carbocycles. The predicted octanol–water partition coefficient (Wildman–Crippen LogP) is 3.09. The molecule has 3 aromatic rings. The maximum Gasteiger partial charge on any atom is 0.356 e. The molecule has 0 saturated carbocycles. The number of nitrogens with two attached hydrogens (primary N) is 1. The number of nitrogens with zero attached hydrogens (tertiary/aromatic N) is 3. The largest absolute Gasteiger partial charge is 0.494 e. The summed E-state index contributed by atoms with van der Waals surface area (Å²) in [6.45, 7) is 3.55. The molecule has 0 aliphatic carbocycles. The number of anilines is 1. The number of hydrogen-bond acceptors (Lipinski definition) is 11. The van der Waals surface area contributed by atoms with Crippen LogP contribution in [0.15, 0.2) is 42.0 Å². The van der Waals surface area contributed by atoms with Gasteiger partial charge in [-0.05, 0) is 17.7 Å². The quantitative estimate of drug-likeness (QED) is 0.161. The van der Waals surface area contributed by atoms with Crippen molar-refractivity contribution < 1.29 is 32.3 Å². The second-order valence-corrected chi connectivity index (χ2v) is 10.6. The molecular formula is C22H27FN5O7PS. The third-order valence-corrected chi connectivity index (χ3v) is 7.27. The Morgan fingerprint density at radius 3 is 2.89 bits per heavy atom. The zero-order valence-corrected chi connectivity index (χ0v) is 21.8. The fraction of sp³-hybridized carbons (Fsp3) is 0.364. The zero-order chi connectivity index (χ0) is 26.8. The number of nitrogens with one attached hydrogen (secondary N) is 1. The molecule has 0 aliphatic rings. The Morgan fingerprint density at radius 1 is 1.35 bits per heavy atom. The number of thioether (sulfide) groups is 1. The molecule has 1 unspecified atom stereocenters. The number of imidazole rings is 1. The van der Waals surface area contributed by atoms with E-state index in [-0.39, 0.29) is 66.5 Å². The van der Waals surface area contributed by atoms with Gasteiger partial charge in [0.25, 0.3) is 5.56 Å². The van der Waals surface area contributed by atoms with E-state index in [0.29, 0.717) is 5.56 Å². The Hall–Kier alpha value is -3.03. The number of fused-ring (bicyclic) bond motifs is 1. The van der Waals surface area contributed by atoms with Gasteiger partial charge in [-0.2, -0.15) is 4.98 Å². The zero-order valence-electron chi connectivity index (χ0n) is 20.1. The first kappa shape index (κ1) is 28.5. The van der Waals surface area contributed by atoms with Gasteiger partial charge < -0.3 is 28.8 Å². The molecule has 0 spiro atoms. The van der Waals surface area contributed by atoms with Crippen molar-refractivity contribution in [2.75, 3.05) is 38.2 Å². The van der Waals surface area contributed by atoms with Gasteiger partial charge in [0.2, 0.25) is 5.95 Å². The first-order valence-electron chi connectivity index (χ1n) is 11.0. The summed E-state index contributed by atoms with van der Waals surface area (Å²) in [5.74, 6) is -0.322. The highest BCUT2D eigenvalue weighted by molar-refractivity contribution is 8.13. The lowest BCUT2D eigenvalue weighted by Gasteiger charge is -2.19. The van der Waals surface area contributed by atoms with Crippen LogP contribution in [0.4, 0.5) is 10.3 Å². The van der Waals surface area contributed by atoms with Crippen molar-refractivity contribution in [1.82, 2.24) is 19.5 Å². The standard InChI is InChI=1S/C22H27FN5O7PS/c1-3-4-18(29)37-10-9-34-36(31,35-12-15-5-6-17(32-2)16(23)11-15)14-33-8-7-28-13-25-19-20(28)26-22(24)27-21(19)30/h3,5-6,11,13H,1,4,7-10,12,14H2,2H3,(H3,24,26,27,30). The molecule has 0 bridgehead atoms. The summed E-state index contributed by atoms with van der Waals surface area (Å²) in [5, 5.41) is -0.0973. The van der Waals surface area contributed by atoms with Gasteiger partial charge in [0, 0.05) is 18.7 Å². The molecule has 200 valence electrons. The van der Waals surface area contributed by atoms with Gasteiger partial charge in [0.1, 0.15) is 6.35 Å². The van der Waals surface area contributed by atoms with E-state index >= 15 is 0 Å². The lowest BCUT2D eigenvalue weighted by atomic mass is 10.2. The maximum absolute atomic E-state index is 14.0. The van der Waals surface area contributed by atoms with Crippen molar-refractivity contribution in [3.8, 4) is 5.75 Å². The molecule has 2 aromatic heterocycles. The van der Waals surface area contributed by atoms with Crippen LogP contribution in [-0.2, 0) is 36.3 Å². The van der Waals surface area contributed by atoms with Crippen LogP contribution < -0.4 is 16.0 Å². The van der Waals surface area contributed by atoms with Crippen molar-refractivity contribution in [2.45, 2.75) is 19.6 Å². The Kier molecular flexibility index (Phi) is 10.4. The number of H-pyrrole nitrogens is 1. The normalized spacial score (nSPS) is 12.9. The van der Waals surface area contributed by atoms with E-state index in [4.69, 9.17) is 24.3 Å². The summed E-state index contributed by atoms with van der Waals surface area (Å²) < 4.78 is 50.4. The molecule has 15 heteroatoms. The average Bonchev–Trinajstić information content (AvgIpc) is 3.27. The van der Waals surface area contributed by atoms with Crippen molar-refractivity contribution >= 4 is 41.6 Å². The second kappa shape index (κ2) is 13.5. The molecule has 1 atom stereocenters. The van der Waals surface area contributed by atoms with E-state index < -0.39 is 25.3 Å². The summed E-state index contributed by atoms with van der Waals surface area (Å²) in [7, 11) is -2.45. The molecule has 12 nitrogen and oxygen atoms in total. The summed E-state index contributed by atoms with van der Waals surface area (Å²) in [5.41, 5.74) is 5.95. The van der Waals surface area contributed by atoms with Crippen molar-refractivity contribution in [3.05, 3.63) is 58.9 Å². The summed E-state index contributed by atoms with van der Waals surface area (Å²) >= 11 is 1.02. The van der Waals surface area contributed by atoms with Crippen LogP contribution in [0.5, 0.6) is 5.75 Å². The number of halogens is 1. The second-order valence-electron chi connectivity index (χ2n) is 7.50. The van der Waals surface area contributed by atoms with Crippen LogP contribution in [0.1, 0.15) is 12.0 Å². The van der Waals surface area contributed by atoms with E-state index in [1.807, 2.05) is 0 Å². The van der Waals surface area contributed by atoms with Crippen LogP contribution in [0.3, 0.4) is 0 Å². The number of nitrogen functional groups attached to an aromatic ring is 1. The highest BCUT2D eigenvalue weighted by Crippen LogP contribution is 2.49. The van der Waals surface area contributed by atoms with E-state index in [1.165, 1.54) is 31.6 Å². The lowest BCUT2D eigenvalue weighted by Crippen LogP contribution is -2.13. The van der Waals surface area contributed by atoms with Crippen LogP contribution >= 0.6 is 19.4 Å². The topological polar surface area (TPSA) is 161 Å². The highest BCUT2D eigenvalue weighted by Gasteiger charge is 2.26. The van der Waals surface area contributed by atoms with Crippen molar-refractivity contribution in [3.63, 3.8) is 0 Å². The van der Waals surface area contributed by atoms with Gasteiger partial charge in [-0.15, -0.1) is 6.58 Å². The first-order valence-corrected chi connectivity index (χ1v) is 13.7. The maximum atomic E-state index is 14.0. The number of aromatic amines is 1. The Bertz CT molecular complexity index is 1350. The molecule has 2 heterocycles. The molecule has 37 heavy (non-hydrogen) atoms. The Balaban J connectivity index is 1.60. The van der Waals surface area contributed by atoms with Crippen LogP contribution in [0.25, 0.3) is 11.2 Å². The van der Waals surface area contributed by atoms with E-state index in [2.05, 4.69) is 21.5 Å². The Labute approximate surface area is 215 Å². The summed E-state index contributed by atoms with van der Waals surface area (Å²) in [4.78, 5) is 34.0. The smallest absolute Gasteiger partial charge is 0.356 e. The molecule has 0 fully saturated rings. The molecule has 3 rings (SSSR count).